The lowest BCUT2D eigenvalue weighted by molar-refractivity contribution is -0.135. The largest absolute Gasteiger partial charge is 0.347 e. The second kappa shape index (κ2) is 7.78. The number of nitrogens with zero attached hydrogens (tertiary/aromatic N) is 1. The fourth-order valence-corrected chi connectivity index (χ4v) is 3.75. The Kier molecular flexibility index (Phi) is 6.03. The van der Waals surface area contributed by atoms with Crippen LogP contribution in [0.2, 0.25) is 0 Å². The Morgan fingerprint density at radius 1 is 1.10 bits per heavy atom. The minimum Gasteiger partial charge on any atom is -0.347 e. The Hall–Kier alpha value is -1.10. The van der Waals surface area contributed by atoms with Gasteiger partial charge in [0.15, 0.2) is 0 Å². The lowest BCUT2D eigenvalue weighted by Gasteiger charge is -2.31. The van der Waals surface area contributed by atoms with Gasteiger partial charge in [-0.1, -0.05) is 25.7 Å². The van der Waals surface area contributed by atoms with Crippen molar-refractivity contribution in [1.29, 1.82) is 0 Å². The first-order valence-corrected chi connectivity index (χ1v) is 8.37. The zero-order chi connectivity index (χ0) is 15.2. The van der Waals surface area contributed by atoms with Crippen molar-refractivity contribution < 1.29 is 9.59 Å². The van der Waals surface area contributed by atoms with Crippen molar-refractivity contribution in [3.63, 3.8) is 0 Å². The van der Waals surface area contributed by atoms with E-state index in [0.29, 0.717) is 12.6 Å². The molecule has 0 heterocycles. The van der Waals surface area contributed by atoms with E-state index >= 15 is 0 Å². The van der Waals surface area contributed by atoms with Gasteiger partial charge in [0.2, 0.25) is 11.8 Å². The third kappa shape index (κ3) is 4.19. The maximum atomic E-state index is 12.2. The molecule has 2 atom stereocenters. The van der Waals surface area contributed by atoms with Crippen LogP contribution in [0.1, 0.15) is 51.4 Å². The molecule has 0 spiro atoms. The van der Waals surface area contributed by atoms with E-state index in [-0.39, 0.29) is 30.2 Å². The number of rotatable bonds is 5. The normalized spacial score (nSPS) is 26.6. The lowest BCUT2D eigenvalue weighted by Crippen LogP contribution is -2.45. The Morgan fingerprint density at radius 2 is 1.81 bits per heavy atom. The van der Waals surface area contributed by atoms with E-state index in [1.54, 1.807) is 0 Å². The molecule has 21 heavy (non-hydrogen) atoms. The topological polar surface area (TPSA) is 75.4 Å². The van der Waals surface area contributed by atoms with E-state index < -0.39 is 0 Å². The zero-order valence-corrected chi connectivity index (χ0v) is 13.1. The molecule has 5 heteroatoms. The van der Waals surface area contributed by atoms with Gasteiger partial charge in [0.25, 0.3) is 0 Å². The fourth-order valence-electron chi connectivity index (χ4n) is 3.75. The number of nitrogens with two attached hydrogens (primary N) is 1. The van der Waals surface area contributed by atoms with E-state index in [2.05, 4.69) is 5.32 Å². The maximum absolute atomic E-state index is 12.2. The van der Waals surface area contributed by atoms with Gasteiger partial charge in [-0.3, -0.25) is 9.59 Å². The van der Waals surface area contributed by atoms with Crippen molar-refractivity contribution in [2.75, 3.05) is 20.1 Å². The summed E-state index contributed by atoms with van der Waals surface area (Å²) in [6.07, 6.45) is 8.87. The minimum atomic E-state index is 0.00258. The van der Waals surface area contributed by atoms with Crippen molar-refractivity contribution in [1.82, 2.24) is 10.2 Å². The van der Waals surface area contributed by atoms with Crippen LogP contribution in [0.5, 0.6) is 0 Å². The van der Waals surface area contributed by atoms with Crippen LogP contribution in [0.4, 0.5) is 0 Å². The predicted molar refractivity (Wildman–Crippen MR) is 82.5 cm³/mol. The monoisotopic (exact) mass is 295 g/mol. The summed E-state index contributed by atoms with van der Waals surface area (Å²) in [5.74, 6) is 0.324. The molecule has 2 saturated carbocycles. The van der Waals surface area contributed by atoms with Crippen LogP contribution in [0.3, 0.4) is 0 Å². The summed E-state index contributed by atoms with van der Waals surface area (Å²) in [5.41, 5.74) is 5.71. The molecule has 0 aromatic heterocycles. The molecule has 120 valence electrons. The first-order chi connectivity index (χ1) is 10.1. The van der Waals surface area contributed by atoms with Crippen molar-refractivity contribution in [3.05, 3.63) is 0 Å². The SMILES string of the molecule is CN(C(=O)CNC(=O)[C@@H]1CCC[C@@H]1CN)C1CCCCC1. The number of hydrogen-bond donors (Lipinski definition) is 2. The summed E-state index contributed by atoms with van der Waals surface area (Å²) in [7, 11) is 1.86. The van der Waals surface area contributed by atoms with Gasteiger partial charge < -0.3 is 16.0 Å². The molecule has 0 aliphatic heterocycles. The van der Waals surface area contributed by atoms with E-state index in [1.807, 2.05) is 11.9 Å². The number of carbonyl (C=O) groups excluding carboxylic acids is 2. The summed E-state index contributed by atoms with van der Waals surface area (Å²) in [5, 5.41) is 2.82. The van der Waals surface area contributed by atoms with Crippen LogP contribution in [-0.2, 0) is 9.59 Å². The van der Waals surface area contributed by atoms with Crippen LogP contribution in [0, 0.1) is 11.8 Å². The highest BCUT2D eigenvalue weighted by Crippen LogP contribution is 2.30. The molecular weight excluding hydrogens is 266 g/mol. The Balaban J connectivity index is 1.76. The van der Waals surface area contributed by atoms with Crippen molar-refractivity contribution in [2.24, 2.45) is 17.6 Å². The molecule has 0 aromatic rings. The molecule has 0 saturated heterocycles. The first-order valence-electron chi connectivity index (χ1n) is 8.37. The molecule has 2 aliphatic carbocycles. The summed E-state index contributed by atoms with van der Waals surface area (Å²) in [6, 6.07) is 0.353. The van der Waals surface area contributed by atoms with Crippen molar-refractivity contribution >= 4 is 11.8 Å². The average molecular weight is 295 g/mol. The van der Waals surface area contributed by atoms with E-state index in [1.165, 1.54) is 19.3 Å². The molecule has 0 aromatic carbocycles. The Bertz CT molecular complexity index is 367. The quantitative estimate of drug-likeness (QED) is 0.802. The highest BCUT2D eigenvalue weighted by Gasteiger charge is 2.32. The number of likely N-dealkylation sites (N-methyl/N-ethyl adjacent to an activating group) is 1. The van der Waals surface area contributed by atoms with Gasteiger partial charge in [-0.05, 0) is 38.1 Å². The molecule has 2 fully saturated rings. The van der Waals surface area contributed by atoms with Crippen LogP contribution in [-0.4, -0.2) is 42.9 Å². The van der Waals surface area contributed by atoms with Gasteiger partial charge in [0, 0.05) is 19.0 Å². The van der Waals surface area contributed by atoms with Gasteiger partial charge in [0.1, 0.15) is 0 Å². The maximum Gasteiger partial charge on any atom is 0.241 e. The smallest absolute Gasteiger partial charge is 0.241 e. The molecule has 3 N–H and O–H groups in total. The molecule has 5 nitrogen and oxygen atoms in total. The highest BCUT2D eigenvalue weighted by atomic mass is 16.2. The van der Waals surface area contributed by atoms with Gasteiger partial charge in [-0.15, -0.1) is 0 Å². The third-order valence-electron chi connectivity index (χ3n) is 5.23. The van der Waals surface area contributed by atoms with E-state index in [0.717, 1.165) is 32.1 Å². The van der Waals surface area contributed by atoms with Gasteiger partial charge in [-0.2, -0.15) is 0 Å². The van der Waals surface area contributed by atoms with Crippen LogP contribution in [0.15, 0.2) is 0 Å². The van der Waals surface area contributed by atoms with E-state index in [9.17, 15) is 9.59 Å². The minimum absolute atomic E-state index is 0.00258. The molecule has 2 amide bonds. The molecule has 2 rings (SSSR count). The van der Waals surface area contributed by atoms with Gasteiger partial charge in [0.05, 0.1) is 6.54 Å². The molecule has 0 bridgehead atoms. The molecule has 2 aliphatic rings. The van der Waals surface area contributed by atoms with Crippen molar-refractivity contribution in [3.8, 4) is 0 Å². The number of nitrogens with one attached hydrogen (secondary N) is 1. The summed E-state index contributed by atoms with van der Waals surface area (Å²) in [6.45, 7) is 0.688. The summed E-state index contributed by atoms with van der Waals surface area (Å²) < 4.78 is 0. The van der Waals surface area contributed by atoms with Crippen LogP contribution >= 0.6 is 0 Å². The number of amides is 2. The van der Waals surface area contributed by atoms with Crippen LogP contribution in [0.25, 0.3) is 0 Å². The first kappa shape index (κ1) is 16.3. The molecule has 0 radical (unpaired) electrons. The Morgan fingerprint density at radius 3 is 2.48 bits per heavy atom. The summed E-state index contributed by atoms with van der Waals surface area (Å²) >= 11 is 0. The van der Waals surface area contributed by atoms with Crippen LogP contribution < -0.4 is 11.1 Å². The lowest BCUT2D eigenvalue weighted by atomic mass is 9.94. The van der Waals surface area contributed by atoms with Gasteiger partial charge in [-0.25, -0.2) is 0 Å². The zero-order valence-electron chi connectivity index (χ0n) is 13.1. The standard InChI is InChI=1S/C16H29N3O2/c1-19(13-7-3-2-4-8-13)15(20)11-18-16(21)14-9-5-6-12(14)10-17/h12-14H,2-11,17H2,1H3,(H,18,21)/t12-,14-/m1/s1. The second-order valence-electron chi connectivity index (χ2n) is 6.55. The summed E-state index contributed by atoms with van der Waals surface area (Å²) in [4.78, 5) is 26.2. The van der Waals surface area contributed by atoms with Gasteiger partial charge >= 0.3 is 0 Å². The highest BCUT2D eigenvalue weighted by molar-refractivity contribution is 5.86. The molecule has 0 unspecified atom stereocenters. The number of hydrogen-bond acceptors (Lipinski definition) is 3. The van der Waals surface area contributed by atoms with E-state index in [4.69, 9.17) is 5.73 Å². The predicted octanol–water partition coefficient (Wildman–Crippen LogP) is 1.27. The average Bonchev–Trinajstić information content (AvgIpc) is 3.01. The van der Waals surface area contributed by atoms with Crippen molar-refractivity contribution in [2.45, 2.75) is 57.4 Å². The fraction of sp³-hybridized carbons (Fsp3) is 0.875. The molecular formula is C16H29N3O2. The third-order valence-corrected chi connectivity index (χ3v) is 5.23. The number of carbonyl (C=O) groups is 2. The second-order valence-corrected chi connectivity index (χ2v) is 6.55. The Labute approximate surface area is 127 Å².